The third-order valence-corrected chi connectivity index (χ3v) is 3.00. The number of rotatable bonds is 7. The fourth-order valence-electron chi connectivity index (χ4n) is 1.61. The largest absolute Gasteiger partial charge is 0.370 e. The summed E-state index contributed by atoms with van der Waals surface area (Å²) < 4.78 is 4.95. The number of hydrogen-bond donors (Lipinski definition) is 3. The van der Waals surface area contributed by atoms with Gasteiger partial charge in [-0.25, -0.2) is 0 Å². The first-order valence-electron chi connectivity index (χ1n) is 6.88. The van der Waals surface area contributed by atoms with Crippen molar-refractivity contribution < 1.29 is 14.3 Å². The van der Waals surface area contributed by atoms with Gasteiger partial charge in [0.2, 0.25) is 5.91 Å². The molecule has 0 aliphatic rings. The molecule has 0 spiro atoms. The van der Waals surface area contributed by atoms with Gasteiger partial charge in [-0.1, -0.05) is 26.0 Å². The molecular weight excluding hydrogens is 270 g/mol. The first-order valence-corrected chi connectivity index (χ1v) is 6.88. The van der Waals surface area contributed by atoms with Crippen molar-refractivity contribution >= 4 is 17.5 Å². The lowest BCUT2D eigenvalue weighted by Gasteiger charge is -2.13. The Balaban J connectivity index is 2.51. The van der Waals surface area contributed by atoms with Crippen LogP contribution in [0.1, 0.15) is 19.4 Å². The summed E-state index contributed by atoms with van der Waals surface area (Å²) in [4.78, 5) is 23.3. The molecule has 4 N–H and O–H groups in total. The molecule has 0 radical (unpaired) electrons. The van der Waals surface area contributed by atoms with Gasteiger partial charge in [0.05, 0.1) is 0 Å². The minimum Gasteiger partial charge on any atom is -0.370 e. The topological polar surface area (TPSA) is 93.4 Å². The van der Waals surface area contributed by atoms with Crippen molar-refractivity contribution in [3.63, 3.8) is 0 Å². The Labute approximate surface area is 125 Å². The van der Waals surface area contributed by atoms with Crippen LogP contribution in [0.15, 0.2) is 24.3 Å². The lowest BCUT2D eigenvalue weighted by molar-refractivity contribution is -0.130. The molecule has 1 aromatic rings. The molecule has 0 aliphatic carbocycles. The third kappa shape index (κ3) is 5.53. The van der Waals surface area contributed by atoms with Crippen LogP contribution in [0.3, 0.4) is 0 Å². The minimum atomic E-state index is -0.630. The van der Waals surface area contributed by atoms with Crippen LogP contribution in [0, 0.1) is 5.92 Å². The predicted octanol–water partition coefficient (Wildman–Crippen LogP) is 0.871. The molecule has 2 amide bonds. The van der Waals surface area contributed by atoms with Gasteiger partial charge >= 0.3 is 0 Å². The Bertz CT molecular complexity index is 468. The second-order valence-corrected chi connectivity index (χ2v) is 5.02. The fraction of sp³-hybridized carbons (Fsp3) is 0.467. The number of carbonyl (C=O) groups excluding carboxylic acids is 2. The molecule has 0 fully saturated rings. The molecule has 1 rings (SSSR count). The van der Waals surface area contributed by atoms with Gasteiger partial charge in [-0.05, 0) is 17.7 Å². The van der Waals surface area contributed by atoms with Gasteiger partial charge in [-0.2, -0.15) is 0 Å². The molecule has 1 atom stereocenters. The maximum absolute atomic E-state index is 11.7. The second kappa shape index (κ2) is 8.39. The molecular formula is C15H23N3O3. The zero-order chi connectivity index (χ0) is 15.8. The molecule has 21 heavy (non-hydrogen) atoms. The highest BCUT2D eigenvalue weighted by Crippen LogP contribution is 2.11. The summed E-state index contributed by atoms with van der Waals surface area (Å²) in [6.45, 7) is 4.20. The van der Waals surface area contributed by atoms with E-state index in [1.807, 2.05) is 26.0 Å². The van der Waals surface area contributed by atoms with Gasteiger partial charge in [0.25, 0.3) is 5.91 Å². The third-order valence-electron chi connectivity index (χ3n) is 3.00. The molecule has 0 saturated carbocycles. The highest BCUT2D eigenvalue weighted by atomic mass is 16.5. The van der Waals surface area contributed by atoms with Gasteiger partial charge in [0, 0.05) is 31.8 Å². The molecule has 6 heteroatoms. The number of methoxy groups -OCH3 is 1. The van der Waals surface area contributed by atoms with Gasteiger partial charge < -0.3 is 21.1 Å². The average molecular weight is 293 g/mol. The molecule has 0 bridgehead atoms. The Morgan fingerprint density at radius 2 is 1.81 bits per heavy atom. The van der Waals surface area contributed by atoms with Crippen LogP contribution in [-0.4, -0.2) is 31.6 Å². The Morgan fingerprint density at radius 3 is 2.29 bits per heavy atom. The van der Waals surface area contributed by atoms with E-state index in [1.165, 1.54) is 7.11 Å². The predicted molar refractivity (Wildman–Crippen MR) is 81.6 cm³/mol. The van der Waals surface area contributed by atoms with Crippen molar-refractivity contribution in [3.8, 4) is 0 Å². The number of ether oxygens (including phenoxy) is 1. The van der Waals surface area contributed by atoms with E-state index in [-0.39, 0.29) is 24.3 Å². The van der Waals surface area contributed by atoms with Crippen LogP contribution in [0.5, 0.6) is 0 Å². The van der Waals surface area contributed by atoms with Crippen molar-refractivity contribution in [1.29, 1.82) is 0 Å². The van der Waals surface area contributed by atoms with E-state index in [0.29, 0.717) is 6.54 Å². The summed E-state index contributed by atoms with van der Waals surface area (Å²) in [6, 6.07) is 7.30. The van der Waals surface area contributed by atoms with Gasteiger partial charge in [-0.15, -0.1) is 0 Å². The summed E-state index contributed by atoms with van der Waals surface area (Å²) in [5.41, 5.74) is 7.08. The van der Waals surface area contributed by atoms with E-state index in [0.717, 1.165) is 11.3 Å². The van der Waals surface area contributed by atoms with E-state index >= 15 is 0 Å². The average Bonchev–Trinajstić information content (AvgIpc) is 2.47. The first-order chi connectivity index (χ1) is 9.97. The maximum Gasteiger partial charge on any atom is 0.250 e. The molecule has 0 heterocycles. The Kier molecular flexibility index (Phi) is 6.84. The Hall–Kier alpha value is -1.92. The van der Waals surface area contributed by atoms with Crippen LogP contribution >= 0.6 is 0 Å². The molecule has 0 saturated heterocycles. The lowest BCUT2D eigenvalue weighted by Crippen LogP contribution is -2.40. The van der Waals surface area contributed by atoms with Crippen molar-refractivity contribution in [2.24, 2.45) is 11.7 Å². The zero-order valence-electron chi connectivity index (χ0n) is 12.7. The first kappa shape index (κ1) is 17.1. The summed E-state index contributed by atoms with van der Waals surface area (Å²) >= 11 is 0. The van der Waals surface area contributed by atoms with Crippen molar-refractivity contribution in [1.82, 2.24) is 5.32 Å². The van der Waals surface area contributed by atoms with E-state index in [9.17, 15) is 9.59 Å². The number of amides is 2. The van der Waals surface area contributed by atoms with E-state index in [4.69, 9.17) is 10.5 Å². The summed E-state index contributed by atoms with van der Waals surface area (Å²) in [5, 5.41) is 5.56. The highest BCUT2D eigenvalue weighted by Gasteiger charge is 2.14. The minimum absolute atomic E-state index is 0.0260. The van der Waals surface area contributed by atoms with Gasteiger partial charge in [0.1, 0.15) is 6.10 Å². The van der Waals surface area contributed by atoms with Crippen molar-refractivity contribution in [2.75, 3.05) is 19.0 Å². The van der Waals surface area contributed by atoms with E-state index in [1.54, 1.807) is 12.1 Å². The summed E-state index contributed by atoms with van der Waals surface area (Å²) in [6.07, 6.45) is -0.630. The summed E-state index contributed by atoms with van der Waals surface area (Å²) in [5.74, 6) is -0.328. The zero-order valence-corrected chi connectivity index (χ0v) is 12.7. The number of hydrogen-bond acceptors (Lipinski definition) is 4. The number of nitrogens with two attached hydrogens (primary N) is 1. The molecule has 0 aliphatic heterocycles. The molecule has 6 nitrogen and oxygen atoms in total. The molecule has 0 aromatic heterocycles. The number of carbonyl (C=O) groups is 2. The normalized spacial score (nSPS) is 12.0. The molecule has 1 unspecified atom stereocenters. The van der Waals surface area contributed by atoms with Crippen LogP contribution in [0.2, 0.25) is 0 Å². The standard InChI is InChI=1S/C15H23N3O3/c1-10(2)14(19)18-12-6-4-11(5-7-12)9-17-15(20)13(8-16)21-3/h4-7,10,13H,8-9,16H2,1-3H3,(H,17,20)(H,18,19). The van der Waals surface area contributed by atoms with Gasteiger partial charge in [-0.3, -0.25) is 9.59 Å². The molecule has 116 valence electrons. The van der Waals surface area contributed by atoms with E-state index in [2.05, 4.69) is 10.6 Å². The monoisotopic (exact) mass is 293 g/mol. The van der Waals surface area contributed by atoms with Crippen LogP contribution in [0.25, 0.3) is 0 Å². The Morgan fingerprint density at radius 1 is 1.19 bits per heavy atom. The van der Waals surface area contributed by atoms with E-state index < -0.39 is 6.10 Å². The molecule has 1 aromatic carbocycles. The van der Waals surface area contributed by atoms with Gasteiger partial charge in [0.15, 0.2) is 0 Å². The SMILES string of the molecule is COC(CN)C(=O)NCc1ccc(NC(=O)C(C)C)cc1. The highest BCUT2D eigenvalue weighted by molar-refractivity contribution is 5.92. The van der Waals surface area contributed by atoms with Crippen molar-refractivity contribution in [3.05, 3.63) is 29.8 Å². The van der Waals surface area contributed by atoms with Crippen molar-refractivity contribution in [2.45, 2.75) is 26.5 Å². The van der Waals surface area contributed by atoms with Crippen LogP contribution < -0.4 is 16.4 Å². The van der Waals surface area contributed by atoms with Crippen LogP contribution in [0.4, 0.5) is 5.69 Å². The van der Waals surface area contributed by atoms with Crippen LogP contribution in [-0.2, 0) is 20.9 Å². The quantitative estimate of drug-likeness (QED) is 0.695. The smallest absolute Gasteiger partial charge is 0.250 e. The number of anilines is 1. The lowest BCUT2D eigenvalue weighted by atomic mass is 10.1. The number of nitrogens with one attached hydrogen (secondary N) is 2. The maximum atomic E-state index is 11.7. The summed E-state index contributed by atoms with van der Waals surface area (Å²) in [7, 11) is 1.45. The second-order valence-electron chi connectivity index (χ2n) is 5.02. The number of benzene rings is 1. The fourth-order valence-corrected chi connectivity index (χ4v) is 1.61.